The number of carbonyl (C=O) groups excluding carboxylic acids is 2. The number of anilines is 1. The van der Waals surface area contributed by atoms with E-state index in [-0.39, 0.29) is 0 Å². The van der Waals surface area contributed by atoms with Crippen molar-refractivity contribution < 1.29 is 19.4 Å². The molecule has 0 radical (unpaired) electrons. The van der Waals surface area contributed by atoms with Gasteiger partial charge in [0.15, 0.2) is 6.04 Å². The number of methoxy groups -OCH3 is 1. The van der Waals surface area contributed by atoms with Gasteiger partial charge in [0.2, 0.25) is 0 Å². The van der Waals surface area contributed by atoms with Gasteiger partial charge in [0.05, 0.1) is 13.7 Å². The van der Waals surface area contributed by atoms with Crippen LogP contribution in [0.5, 0.6) is 0 Å². The van der Waals surface area contributed by atoms with Gasteiger partial charge >= 0.3 is 5.97 Å². The van der Waals surface area contributed by atoms with Crippen LogP contribution in [0.2, 0.25) is 0 Å². The summed E-state index contributed by atoms with van der Waals surface area (Å²) in [4.78, 5) is 24.7. The number of carbonyl (C=O) groups is 2. The van der Waals surface area contributed by atoms with Gasteiger partial charge in [0.1, 0.15) is 0 Å². The Kier molecular flexibility index (Phi) is 5.13. The monoisotopic (exact) mass is 320 g/mol. The number of ether oxygens (including phenoxy) is 1. The minimum absolute atomic E-state index is 0.374. The normalized spacial score (nSPS) is 11.7. The topological polar surface area (TPSA) is 102 Å². The Morgan fingerprint density at radius 1 is 1.41 bits per heavy atom. The number of thiophene rings is 1. The molecule has 2 rings (SSSR count). The Bertz CT molecular complexity index is 670. The smallest absolute Gasteiger partial charge is 0.330 e. The molecule has 0 bridgehead atoms. The number of aliphatic hydroxyl groups excluding tert-OH is 1. The minimum atomic E-state index is -1.11. The molecule has 0 saturated heterocycles. The van der Waals surface area contributed by atoms with E-state index in [9.17, 15) is 14.7 Å². The van der Waals surface area contributed by atoms with Crippen LogP contribution in [0.15, 0.2) is 35.7 Å². The maximum absolute atomic E-state index is 12.4. The number of amides is 1. The number of benzene rings is 1. The highest BCUT2D eigenvalue weighted by Crippen LogP contribution is 2.29. The second kappa shape index (κ2) is 7.06. The highest BCUT2D eigenvalue weighted by molar-refractivity contribution is 7.13. The third-order valence-electron chi connectivity index (χ3n) is 3.05. The Balaban J connectivity index is 2.32. The number of rotatable bonds is 5. The van der Waals surface area contributed by atoms with Crippen LogP contribution in [0, 0.1) is 0 Å². The molecule has 0 aliphatic rings. The molecule has 1 atom stereocenters. The number of nitrogens with one attached hydrogen (secondary N) is 1. The van der Waals surface area contributed by atoms with Crippen molar-refractivity contribution in [2.45, 2.75) is 6.04 Å². The molecule has 7 heteroatoms. The fourth-order valence-corrected chi connectivity index (χ4v) is 2.71. The molecule has 2 aromatic rings. The van der Waals surface area contributed by atoms with Crippen LogP contribution in [0.3, 0.4) is 0 Å². The van der Waals surface area contributed by atoms with Crippen molar-refractivity contribution in [3.8, 4) is 10.4 Å². The zero-order valence-corrected chi connectivity index (χ0v) is 12.7. The van der Waals surface area contributed by atoms with Crippen molar-refractivity contribution >= 4 is 28.9 Å². The van der Waals surface area contributed by atoms with Crippen molar-refractivity contribution in [1.82, 2.24) is 5.32 Å². The van der Waals surface area contributed by atoms with E-state index in [4.69, 9.17) is 5.73 Å². The first-order valence-electron chi connectivity index (χ1n) is 6.49. The molecular weight excluding hydrogens is 304 g/mol. The second-order valence-corrected chi connectivity index (χ2v) is 5.46. The molecule has 22 heavy (non-hydrogen) atoms. The van der Waals surface area contributed by atoms with Crippen molar-refractivity contribution in [2.75, 3.05) is 19.5 Å². The summed E-state index contributed by atoms with van der Waals surface area (Å²) in [5.41, 5.74) is 7.37. The summed E-state index contributed by atoms with van der Waals surface area (Å²) in [6.45, 7) is -0.540. The van der Waals surface area contributed by atoms with Gasteiger partial charge in [-0.25, -0.2) is 4.79 Å². The predicted molar refractivity (Wildman–Crippen MR) is 84.5 cm³/mol. The predicted octanol–water partition coefficient (Wildman–Crippen LogP) is 1.26. The standard InChI is InChI=1S/C15H16N2O4S/c1-21-15(20)12(8-18)17-14(19)10-5-4-9(16)7-11(10)13-3-2-6-22-13/h2-7,12,18H,8,16H2,1H3,(H,17,19)/t12-/m1/s1. The number of nitrogens with two attached hydrogens (primary N) is 1. The van der Waals surface area contributed by atoms with Gasteiger partial charge < -0.3 is 20.9 Å². The summed E-state index contributed by atoms with van der Waals surface area (Å²) >= 11 is 1.48. The van der Waals surface area contributed by atoms with Crippen LogP contribution in [0.25, 0.3) is 10.4 Å². The third-order valence-corrected chi connectivity index (χ3v) is 3.95. The molecule has 0 unspecified atom stereocenters. The van der Waals surface area contributed by atoms with Crippen LogP contribution >= 0.6 is 11.3 Å². The molecular formula is C15H16N2O4S. The maximum Gasteiger partial charge on any atom is 0.330 e. The zero-order valence-electron chi connectivity index (χ0n) is 11.9. The first-order valence-corrected chi connectivity index (χ1v) is 7.37. The van der Waals surface area contributed by atoms with E-state index in [1.165, 1.54) is 18.4 Å². The van der Waals surface area contributed by atoms with Crippen LogP contribution in [0.1, 0.15) is 10.4 Å². The Labute approximate surface area is 131 Å². The van der Waals surface area contributed by atoms with Gasteiger partial charge in [-0.1, -0.05) is 6.07 Å². The number of hydrogen-bond acceptors (Lipinski definition) is 6. The lowest BCUT2D eigenvalue weighted by atomic mass is 10.0. The van der Waals surface area contributed by atoms with Crippen LogP contribution < -0.4 is 11.1 Å². The summed E-state index contributed by atoms with van der Waals surface area (Å²) < 4.78 is 4.53. The van der Waals surface area contributed by atoms with E-state index in [2.05, 4.69) is 10.1 Å². The number of aliphatic hydroxyl groups is 1. The largest absolute Gasteiger partial charge is 0.467 e. The van der Waals surface area contributed by atoms with Crippen molar-refractivity contribution in [3.63, 3.8) is 0 Å². The number of nitrogen functional groups attached to an aromatic ring is 1. The second-order valence-electron chi connectivity index (χ2n) is 4.51. The quantitative estimate of drug-likeness (QED) is 0.569. The summed E-state index contributed by atoms with van der Waals surface area (Å²) in [6.07, 6.45) is 0. The van der Waals surface area contributed by atoms with Gasteiger partial charge in [0, 0.05) is 21.7 Å². The van der Waals surface area contributed by atoms with E-state index in [0.29, 0.717) is 16.8 Å². The van der Waals surface area contributed by atoms with Crippen molar-refractivity contribution in [1.29, 1.82) is 0 Å². The molecule has 1 aromatic heterocycles. The van der Waals surface area contributed by atoms with E-state index in [0.717, 1.165) is 4.88 Å². The molecule has 0 fully saturated rings. The van der Waals surface area contributed by atoms with Crippen LogP contribution in [-0.2, 0) is 9.53 Å². The summed E-state index contributed by atoms with van der Waals surface area (Å²) in [7, 11) is 1.19. The third kappa shape index (κ3) is 3.44. The van der Waals surface area contributed by atoms with E-state index in [1.807, 2.05) is 17.5 Å². The van der Waals surface area contributed by atoms with E-state index < -0.39 is 24.5 Å². The first kappa shape index (κ1) is 16.0. The van der Waals surface area contributed by atoms with Crippen LogP contribution in [-0.4, -0.2) is 36.7 Å². The molecule has 1 aromatic carbocycles. The van der Waals surface area contributed by atoms with Crippen LogP contribution in [0.4, 0.5) is 5.69 Å². The fraction of sp³-hybridized carbons (Fsp3) is 0.200. The highest BCUT2D eigenvalue weighted by atomic mass is 32.1. The minimum Gasteiger partial charge on any atom is -0.467 e. The molecule has 6 nitrogen and oxygen atoms in total. The maximum atomic E-state index is 12.4. The Morgan fingerprint density at radius 2 is 2.18 bits per heavy atom. The molecule has 4 N–H and O–H groups in total. The Hall–Kier alpha value is -2.38. The lowest BCUT2D eigenvalue weighted by molar-refractivity contribution is -0.143. The molecule has 116 valence electrons. The number of hydrogen-bond donors (Lipinski definition) is 3. The molecule has 0 aliphatic heterocycles. The van der Waals surface area contributed by atoms with Gasteiger partial charge in [-0.15, -0.1) is 11.3 Å². The van der Waals surface area contributed by atoms with Crippen molar-refractivity contribution in [3.05, 3.63) is 41.3 Å². The fourth-order valence-electron chi connectivity index (χ4n) is 1.95. The van der Waals surface area contributed by atoms with E-state index in [1.54, 1.807) is 18.2 Å². The van der Waals surface area contributed by atoms with E-state index >= 15 is 0 Å². The zero-order chi connectivity index (χ0) is 16.1. The van der Waals surface area contributed by atoms with Gasteiger partial charge in [-0.2, -0.15) is 0 Å². The molecule has 0 spiro atoms. The highest BCUT2D eigenvalue weighted by Gasteiger charge is 2.23. The summed E-state index contributed by atoms with van der Waals surface area (Å²) in [6, 6.07) is 7.54. The number of esters is 1. The lowest BCUT2D eigenvalue weighted by Crippen LogP contribution is -2.44. The summed E-state index contributed by atoms with van der Waals surface area (Å²) in [5, 5.41) is 13.5. The first-order chi connectivity index (χ1) is 10.6. The Morgan fingerprint density at radius 3 is 2.77 bits per heavy atom. The average Bonchev–Trinajstić information content (AvgIpc) is 3.05. The van der Waals surface area contributed by atoms with Crippen molar-refractivity contribution in [2.24, 2.45) is 0 Å². The average molecular weight is 320 g/mol. The van der Waals surface area contributed by atoms with Gasteiger partial charge in [-0.05, 0) is 29.6 Å². The van der Waals surface area contributed by atoms with Gasteiger partial charge in [0.25, 0.3) is 5.91 Å². The lowest BCUT2D eigenvalue weighted by Gasteiger charge is -2.15. The summed E-state index contributed by atoms with van der Waals surface area (Å²) in [5.74, 6) is -1.18. The molecule has 1 amide bonds. The van der Waals surface area contributed by atoms with Gasteiger partial charge in [-0.3, -0.25) is 4.79 Å². The SMILES string of the molecule is COC(=O)[C@@H](CO)NC(=O)c1ccc(N)cc1-c1cccs1. The molecule has 0 saturated carbocycles. The molecule has 0 aliphatic carbocycles. The molecule has 1 heterocycles.